The Balaban J connectivity index is 1.71. The number of carbonyl (C=O) groups excluding carboxylic acids is 1. The topological polar surface area (TPSA) is 72.8 Å². The van der Waals surface area contributed by atoms with Crippen LogP contribution in [0.1, 0.15) is 29.6 Å². The number of nitrogens with zero attached hydrogens (tertiary/aromatic N) is 1. The van der Waals surface area contributed by atoms with Crippen molar-refractivity contribution in [2.45, 2.75) is 19.3 Å². The van der Waals surface area contributed by atoms with E-state index in [1.807, 2.05) is 0 Å². The molecule has 1 aromatic rings. The normalized spacial score (nSPS) is 19.1. The molecule has 0 radical (unpaired) electrons. The summed E-state index contributed by atoms with van der Waals surface area (Å²) < 4.78 is 12.9. The lowest BCUT2D eigenvalue weighted by molar-refractivity contribution is 0.0944. The Hall–Kier alpha value is -1.66. The zero-order valence-electron chi connectivity index (χ0n) is 12.6. The Morgan fingerprint density at radius 3 is 3.00 bits per heavy atom. The molecule has 5 nitrogen and oxygen atoms in total. The molecule has 1 aliphatic rings. The first kappa shape index (κ1) is 16.7. The van der Waals surface area contributed by atoms with Crippen LogP contribution in [0.3, 0.4) is 0 Å². The number of amides is 1. The van der Waals surface area contributed by atoms with Gasteiger partial charge in [0, 0.05) is 25.8 Å². The van der Waals surface area contributed by atoms with Crippen molar-refractivity contribution in [1.82, 2.24) is 10.2 Å². The predicted octanol–water partition coefficient (Wildman–Crippen LogP) is 1.36. The maximum Gasteiger partial charge on any atom is 0.255 e. The molecule has 1 atom stereocenters. The standard InChI is InChI=1S/C16H23FN2O3/c17-13-4-5-14(15(21)9-13)16(22)18-6-2-8-19-7-1-3-12(10-19)11-20/h4-5,9,12,20-21H,1-3,6-8,10-11H2,(H,18,22). The molecule has 1 heterocycles. The van der Waals surface area contributed by atoms with E-state index in [4.69, 9.17) is 0 Å². The summed E-state index contributed by atoms with van der Waals surface area (Å²) in [6.45, 7) is 3.53. The molecule has 6 heteroatoms. The number of aliphatic hydroxyl groups is 1. The van der Waals surface area contributed by atoms with Gasteiger partial charge in [-0.15, -0.1) is 0 Å². The van der Waals surface area contributed by atoms with Gasteiger partial charge in [0.2, 0.25) is 0 Å². The van der Waals surface area contributed by atoms with E-state index >= 15 is 0 Å². The minimum atomic E-state index is -0.572. The lowest BCUT2D eigenvalue weighted by Gasteiger charge is -2.31. The quantitative estimate of drug-likeness (QED) is 0.694. The summed E-state index contributed by atoms with van der Waals surface area (Å²) >= 11 is 0. The number of hydrogen-bond donors (Lipinski definition) is 3. The molecule has 0 aliphatic carbocycles. The molecule has 0 bridgehead atoms. The molecule has 3 N–H and O–H groups in total. The van der Waals surface area contributed by atoms with Crippen molar-refractivity contribution >= 4 is 5.91 Å². The number of piperidine rings is 1. The number of aliphatic hydroxyl groups excluding tert-OH is 1. The van der Waals surface area contributed by atoms with Gasteiger partial charge in [0.05, 0.1) is 5.56 Å². The average Bonchev–Trinajstić information content (AvgIpc) is 2.51. The Bertz CT molecular complexity index is 510. The molecule has 1 aromatic carbocycles. The molecule has 1 amide bonds. The molecule has 1 fully saturated rings. The molecular formula is C16H23FN2O3. The van der Waals surface area contributed by atoms with Crippen LogP contribution in [0.5, 0.6) is 5.75 Å². The van der Waals surface area contributed by atoms with E-state index < -0.39 is 11.7 Å². The molecule has 1 saturated heterocycles. The minimum Gasteiger partial charge on any atom is -0.507 e. The maximum absolute atomic E-state index is 12.9. The van der Waals surface area contributed by atoms with Crippen LogP contribution in [-0.4, -0.2) is 53.8 Å². The first-order valence-electron chi connectivity index (χ1n) is 7.70. The van der Waals surface area contributed by atoms with Crippen LogP contribution >= 0.6 is 0 Å². The first-order valence-corrected chi connectivity index (χ1v) is 7.70. The van der Waals surface area contributed by atoms with E-state index in [0.29, 0.717) is 12.5 Å². The fourth-order valence-corrected chi connectivity index (χ4v) is 2.80. The highest BCUT2D eigenvalue weighted by molar-refractivity contribution is 5.96. The van der Waals surface area contributed by atoms with E-state index in [9.17, 15) is 19.4 Å². The van der Waals surface area contributed by atoms with Crippen molar-refractivity contribution in [3.8, 4) is 5.75 Å². The van der Waals surface area contributed by atoms with Gasteiger partial charge in [-0.05, 0) is 50.4 Å². The number of phenolic OH excluding ortho intramolecular Hbond substituents is 1. The molecule has 0 spiro atoms. The van der Waals surface area contributed by atoms with Crippen molar-refractivity contribution < 1.29 is 19.4 Å². The van der Waals surface area contributed by atoms with E-state index in [1.165, 1.54) is 6.07 Å². The van der Waals surface area contributed by atoms with Gasteiger partial charge < -0.3 is 20.4 Å². The van der Waals surface area contributed by atoms with Gasteiger partial charge >= 0.3 is 0 Å². The summed E-state index contributed by atoms with van der Waals surface area (Å²) in [7, 11) is 0. The van der Waals surface area contributed by atoms with Gasteiger partial charge in [0.15, 0.2) is 0 Å². The molecule has 0 saturated carbocycles. The zero-order valence-corrected chi connectivity index (χ0v) is 12.6. The van der Waals surface area contributed by atoms with Crippen molar-refractivity contribution in [2.75, 3.05) is 32.8 Å². The average molecular weight is 310 g/mol. The smallest absolute Gasteiger partial charge is 0.255 e. The van der Waals surface area contributed by atoms with Crippen molar-refractivity contribution in [2.24, 2.45) is 5.92 Å². The van der Waals surface area contributed by atoms with Crippen LogP contribution < -0.4 is 5.32 Å². The van der Waals surface area contributed by atoms with Crippen molar-refractivity contribution in [3.05, 3.63) is 29.6 Å². The van der Waals surface area contributed by atoms with E-state index in [1.54, 1.807) is 0 Å². The predicted molar refractivity (Wildman–Crippen MR) is 81.3 cm³/mol. The molecule has 0 aromatic heterocycles. The van der Waals surface area contributed by atoms with Gasteiger partial charge in [0.1, 0.15) is 11.6 Å². The third-order valence-electron chi connectivity index (χ3n) is 4.00. The van der Waals surface area contributed by atoms with E-state index in [2.05, 4.69) is 10.2 Å². The monoisotopic (exact) mass is 310 g/mol. The van der Waals surface area contributed by atoms with Crippen molar-refractivity contribution in [1.29, 1.82) is 0 Å². The summed E-state index contributed by atoms with van der Waals surface area (Å²) in [5.74, 6) is -0.958. The van der Waals surface area contributed by atoms with Crippen LogP contribution in [0.25, 0.3) is 0 Å². The molecule has 1 aliphatic heterocycles. The highest BCUT2D eigenvalue weighted by Crippen LogP contribution is 2.18. The Morgan fingerprint density at radius 2 is 2.27 bits per heavy atom. The maximum atomic E-state index is 12.9. The lowest BCUT2D eigenvalue weighted by atomic mass is 9.99. The number of benzene rings is 1. The van der Waals surface area contributed by atoms with Gasteiger partial charge in [-0.1, -0.05) is 0 Å². The van der Waals surface area contributed by atoms with Crippen LogP contribution in [0.15, 0.2) is 18.2 Å². The number of halogens is 1. The van der Waals surface area contributed by atoms with Crippen molar-refractivity contribution in [3.63, 3.8) is 0 Å². The highest BCUT2D eigenvalue weighted by Gasteiger charge is 2.18. The fraction of sp³-hybridized carbons (Fsp3) is 0.562. The summed E-state index contributed by atoms with van der Waals surface area (Å²) in [6.07, 6.45) is 2.97. The number of nitrogens with one attached hydrogen (secondary N) is 1. The second-order valence-electron chi connectivity index (χ2n) is 5.76. The van der Waals surface area contributed by atoms with Crippen LogP contribution in [0.2, 0.25) is 0 Å². The Labute approximate surface area is 129 Å². The number of hydrogen-bond acceptors (Lipinski definition) is 4. The highest BCUT2D eigenvalue weighted by atomic mass is 19.1. The summed E-state index contributed by atoms with van der Waals surface area (Å²) in [5.41, 5.74) is 0.0831. The van der Waals surface area contributed by atoms with E-state index in [-0.39, 0.29) is 17.9 Å². The molecular weight excluding hydrogens is 287 g/mol. The first-order chi connectivity index (χ1) is 10.6. The largest absolute Gasteiger partial charge is 0.507 e. The third-order valence-corrected chi connectivity index (χ3v) is 4.00. The second-order valence-corrected chi connectivity index (χ2v) is 5.76. The second kappa shape index (κ2) is 8.10. The number of aromatic hydroxyl groups is 1. The summed E-state index contributed by atoms with van der Waals surface area (Å²) in [4.78, 5) is 14.2. The summed E-state index contributed by atoms with van der Waals surface area (Å²) in [5, 5.41) is 21.5. The van der Waals surface area contributed by atoms with Gasteiger partial charge in [0.25, 0.3) is 5.91 Å². The van der Waals surface area contributed by atoms with Gasteiger partial charge in [-0.3, -0.25) is 4.79 Å². The number of likely N-dealkylation sites (tertiary alicyclic amines) is 1. The Kier molecular flexibility index (Phi) is 6.15. The van der Waals surface area contributed by atoms with Crippen LogP contribution in [-0.2, 0) is 0 Å². The SMILES string of the molecule is O=C(NCCCN1CCCC(CO)C1)c1ccc(F)cc1O. The zero-order chi connectivity index (χ0) is 15.9. The number of rotatable bonds is 6. The molecule has 22 heavy (non-hydrogen) atoms. The summed E-state index contributed by atoms with van der Waals surface area (Å²) in [6, 6.07) is 3.35. The third kappa shape index (κ3) is 4.68. The molecule has 1 unspecified atom stereocenters. The molecule has 122 valence electrons. The van der Waals surface area contributed by atoms with Gasteiger partial charge in [-0.2, -0.15) is 0 Å². The molecule has 2 rings (SSSR count). The fourth-order valence-electron chi connectivity index (χ4n) is 2.80. The lowest BCUT2D eigenvalue weighted by Crippen LogP contribution is -2.38. The Morgan fingerprint density at radius 1 is 1.45 bits per heavy atom. The van der Waals surface area contributed by atoms with Crippen LogP contribution in [0.4, 0.5) is 4.39 Å². The number of phenols is 1. The number of carbonyl (C=O) groups is 1. The van der Waals surface area contributed by atoms with E-state index in [0.717, 1.165) is 51.0 Å². The van der Waals surface area contributed by atoms with Crippen LogP contribution in [0, 0.1) is 11.7 Å². The minimum absolute atomic E-state index is 0.0831. The van der Waals surface area contributed by atoms with Gasteiger partial charge in [-0.25, -0.2) is 4.39 Å².